The van der Waals surface area contributed by atoms with Crippen molar-refractivity contribution in [1.29, 1.82) is 0 Å². The minimum Gasteiger partial charge on any atom is -0.497 e. The average molecular weight is 262 g/mol. The number of ether oxygens (including phenoxy) is 2. The molecule has 1 aromatic rings. The van der Waals surface area contributed by atoms with Crippen LogP contribution in [0.15, 0.2) is 18.2 Å². The molecule has 0 amide bonds. The maximum absolute atomic E-state index is 10.4. The molecule has 1 unspecified atom stereocenters. The summed E-state index contributed by atoms with van der Waals surface area (Å²) < 4.78 is 11.5. The van der Waals surface area contributed by atoms with Crippen LogP contribution in [0.3, 0.4) is 0 Å². The molecule has 2 aliphatic rings. The molecule has 1 atom stereocenters. The first-order chi connectivity index (χ1) is 9.12. The summed E-state index contributed by atoms with van der Waals surface area (Å²) >= 11 is 0. The number of hydrogen-bond acceptors (Lipinski definition) is 3. The van der Waals surface area contributed by atoms with Crippen molar-refractivity contribution in [1.82, 2.24) is 0 Å². The predicted molar refractivity (Wildman–Crippen MR) is 73.6 cm³/mol. The first kappa shape index (κ1) is 12.8. The van der Waals surface area contributed by atoms with Gasteiger partial charge in [-0.1, -0.05) is 6.92 Å². The predicted octanol–water partition coefficient (Wildman–Crippen LogP) is 3.46. The molecule has 0 aromatic heterocycles. The monoisotopic (exact) mass is 262 g/mol. The smallest absolute Gasteiger partial charge is 0.126 e. The molecule has 104 valence electrons. The molecule has 1 heterocycles. The Morgan fingerprint density at radius 1 is 1.32 bits per heavy atom. The highest BCUT2D eigenvalue weighted by Gasteiger charge is 2.42. The Hall–Kier alpha value is -1.22. The third-order valence-electron chi connectivity index (χ3n) is 4.65. The summed E-state index contributed by atoms with van der Waals surface area (Å²) in [5.74, 6) is 2.38. The van der Waals surface area contributed by atoms with Crippen LogP contribution in [-0.4, -0.2) is 17.8 Å². The zero-order valence-corrected chi connectivity index (χ0v) is 11.7. The highest BCUT2D eigenvalue weighted by atomic mass is 16.5. The fourth-order valence-electron chi connectivity index (χ4n) is 3.34. The normalized spacial score (nSPS) is 33.6. The minimum absolute atomic E-state index is 0.145. The van der Waals surface area contributed by atoms with E-state index in [9.17, 15) is 5.11 Å². The molecule has 19 heavy (non-hydrogen) atoms. The van der Waals surface area contributed by atoms with Crippen LogP contribution in [0.5, 0.6) is 11.5 Å². The third kappa shape index (κ3) is 2.32. The zero-order chi connectivity index (χ0) is 13.5. The van der Waals surface area contributed by atoms with Gasteiger partial charge >= 0.3 is 0 Å². The Morgan fingerprint density at radius 3 is 2.74 bits per heavy atom. The Bertz CT molecular complexity index is 461. The van der Waals surface area contributed by atoms with Crippen LogP contribution in [-0.2, 0) is 0 Å². The average Bonchev–Trinajstić information content (AvgIpc) is 2.42. The van der Waals surface area contributed by atoms with Gasteiger partial charge in [0.2, 0.25) is 0 Å². The molecule has 1 spiro atoms. The van der Waals surface area contributed by atoms with Gasteiger partial charge in [-0.3, -0.25) is 0 Å². The Balaban J connectivity index is 1.88. The lowest BCUT2D eigenvalue weighted by Gasteiger charge is -2.44. The van der Waals surface area contributed by atoms with Gasteiger partial charge in [0.25, 0.3) is 0 Å². The van der Waals surface area contributed by atoms with E-state index in [0.717, 1.165) is 35.8 Å². The van der Waals surface area contributed by atoms with E-state index >= 15 is 0 Å². The summed E-state index contributed by atoms with van der Waals surface area (Å²) in [5, 5.41) is 10.4. The molecule has 3 heteroatoms. The fourth-order valence-corrected chi connectivity index (χ4v) is 3.34. The van der Waals surface area contributed by atoms with Crippen molar-refractivity contribution >= 4 is 0 Å². The molecule has 3 nitrogen and oxygen atoms in total. The summed E-state index contributed by atoms with van der Waals surface area (Å²) in [6, 6.07) is 5.71. The van der Waals surface area contributed by atoms with Crippen molar-refractivity contribution in [3.8, 4) is 11.5 Å². The highest BCUT2D eigenvalue weighted by molar-refractivity contribution is 5.43. The van der Waals surface area contributed by atoms with Crippen molar-refractivity contribution in [3.05, 3.63) is 23.8 Å². The largest absolute Gasteiger partial charge is 0.497 e. The maximum Gasteiger partial charge on any atom is 0.126 e. The van der Waals surface area contributed by atoms with Gasteiger partial charge in [0.15, 0.2) is 0 Å². The van der Waals surface area contributed by atoms with Crippen molar-refractivity contribution in [2.75, 3.05) is 7.11 Å². The molecule has 0 radical (unpaired) electrons. The molecular formula is C16H22O3. The van der Waals surface area contributed by atoms with Gasteiger partial charge in [-0.25, -0.2) is 0 Å². The van der Waals surface area contributed by atoms with Crippen LogP contribution >= 0.6 is 0 Å². The van der Waals surface area contributed by atoms with E-state index in [1.54, 1.807) is 7.11 Å². The van der Waals surface area contributed by atoms with E-state index in [-0.39, 0.29) is 5.60 Å². The van der Waals surface area contributed by atoms with Gasteiger partial charge in [-0.15, -0.1) is 0 Å². The Labute approximate surface area is 114 Å². The van der Waals surface area contributed by atoms with Gasteiger partial charge in [-0.05, 0) is 49.8 Å². The van der Waals surface area contributed by atoms with Crippen LogP contribution in [0.2, 0.25) is 0 Å². The second kappa shape index (κ2) is 4.71. The molecule has 3 rings (SSSR count). The first-order valence-corrected chi connectivity index (χ1v) is 7.17. The van der Waals surface area contributed by atoms with E-state index in [4.69, 9.17) is 9.47 Å². The minimum atomic E-state index is -0.438. The molecule has 0 bridgehead atoms. The number of aliphatic hydroxyl groups excluding tert-OH is 1. The van der Waals surface area contributed by atoms with Crippen LogP contribution in [0.4, 0.5) is 0 Å². The van der Waals surface area contributed by atoms with Gasteiger partial charge in [0.1, 0.15) is 17.1 Å². The summed E-state index contributed by atoms with van der Waals surface area (Å²) in [6.07, 6.45) is 4.76. The second-order valence-electron chi connectivity index (χ2n) is 6.09. The van der Waals surface area contributed by atoms with Gasteiger partial charge in [0, 0.05) is 12.0 Å². The number of rotatable bonds is 1. The number of hydrogen-bond donors (Lipinski definition) is 1. The number of aliphatic hydroxyl groups is 1. The van der Waals surface area contributed by atoms with Crippen LogP contribution in [0.1, 0.15) is 50.7 Å². The van der Waals surface area contributed by atoms with Gasteiger partial charge < -0.3 is 14.6 Å². The second-order valence-corrected chi connectivity index (χ2v) is 6.09. The van der Waals surface area contributed by atoms with E-state index in [1.807, 2.05) is 18.2 Å². The lowest BCUT2D eigenvalue weighted by Crippen LogP contribution is -2.43. The van der Waals surface area contributed by atoms with Crippen molar-refractivity contribution < 1.29 is 14.6 Å². The molecule has 1 aliphatic heterocycles. The summed E-state index contributed by atoms with van der Waals surface area (Å²) in [7, 11) is 1.64. The first-order valence-electron chi connectivity index (χ1n) is 7.17. The van der Waals surface area contributed by atoms with E-state index in [2.05, 4.69) is 6.92 Å². The molecule has 1 aromatic carbocycles. The molecule has 1 fully saturated rings. The van der Waals surface area contributed by atoms with E-state index < -0.39 is 6.10 Å². The van der Waals surface area contributed by atoms with E-state index in [0.29, 0.717) is 6.42 Å². The van der Waals surface area contributed by atoms with Gasteiger partial charge in [0.05, 0.1) is 13.2 Å². The molecule has 1 aliphatic carbocycles. The van der Waals surface area contributed by atoms with Crippen LogP contribution in [0, 0.1) is 5.92 Å². The third-order valence-corrected chi connectivity index (χ3v) is 4.65. The zero-order valence-electron chi connectivity index (χ0n) is 11.7. The molecule has 1 saturated carbocycles. The van der Waals surface area contributed by atoms with Crippen molar-refractivity contribution in [2.45, 2.75) is 50.7 Å². The van der Waals surface area contributed by atoms with Crippen LogP contribution in [0.25, 0.3) is 0 Å². The van der Waals surface area contributed by atoms with Gasteiger partial charge in [-0.2, -0.15) is 0 Å². The number of fused-ring (bicyclic) bond motifs is 1. The lowest BCUT2D eigenvalue weighted by molar-refractivity contribution is -0.0455. The number of methoxy groups -OCH3 is 1. The number of benzene rings is 1. The topological polar surface area (TPSA) is 38.7 Å². The molecular weight excluding hydrogens is 240 g/mol. The van der Waals surface area contributed by atoms with Crippen LogP contribution < -0.4 is 9.47 Å². The van der Waals surface area contributed by atoms with Crippen molar-refractivity contribution in [3.63, 3.8) is 0 Å². The Morgan fingerprint density at radius 2 is 2.05 bits per heavy atom. The highest BCUT2D eigenvalue weighted by Crippen LogP contribution is 2.47. The molecule has 0 saturated heterocycles. The summed E-state index contributed by atoms with van der Waals surface area (Å²) in [4.78, 5) is 0. The molecule has 1 N–H and O–H groups in total. The maximum atomic E-state index is 10.4. The summed E-state index contributed by atoms with van der Waals surface area (Å²) in [5.41, 5.74) is 0.719. The quantitative estimate of drug-likeness (QED) is 0.842. The SMILES string of the molecule is COc1ccc2c(c1)C(O)CC1(CCC(C)CC1)O2. The standard InChI is InChI=1S/C16H22O3/c1-11-5-7-16(8-6-11)10-14(17)13-9-12(18-2)3-4-15(13)19-16/h3-4,9,11,14,17H,5-8,10H2,1-2H3. The Kier molecular flexibility index (Phi) is 3.17. The summed E-state index contributed by atoms with van der Waals surface area (Å²) in [6.45, 7) is 2.30. The fraction of sp³-hybridized carbons (Fsp3) is 0.625. The van der Waals surface area contributed by atoms with E-state index in [1.165, 1.54) is 12.8 Å². The lowest BCUT2D eigenvalue weighted by atomic mass is 9.74. The van der Waals surface area contributed by atoms with Crippen molar-refractivity contribution in [2.24, 2.45) is 5.92 Å².